The third kappa shape index (κ3) is 5.13. The van der Waals surface area contributed by atoms with Gasteiger partial charge in [-0.1, -0.05) is 20.8 Å². The van der Waals surface area contributed by atoms with Crippen LogP contribution >= 0.6 is 27.3 Å². The number of nitrogens with zero attached hydrogens (tertiary/aromatic N) is 1. The number of carbonyl (C=O) groups excluding carboxylic acids is 1. The van der Waals surface area contributed by atoms with Crippen molar-refractivity contribution in [3.8, 4) is 11.5 Å². The number of amides is 1. The van der Waals surface area contributed by atoms with Gasteiger partial charge in [-0.2, -0.15) is 0 Å². The SMILES string of the molecule is COc1cc2c(cc1OC)CN(C(=O)[C@@H](NCc1ccc(Br)s1)C(C)(C)C)CC2. The molecule has 1 aromatic heterocycles. The van der Waals surface area contributed by atoms with E-state index in [1.807, 2.05) is 23.1 Å². The normalized spacial score (nSPS) is 15.0. The van der Waals surface area contributed by atoms with Gasteiger partial charge >= 0.3 is 0 Å². The number of fused-ring (bicyclic) bond motifs is 1. The van der Waals surface area contributed by atoms with Gasteiger partial charge in [-0.05, 0) is 63.2 Å². The fourth-order valence-electron chi connectivity index (χ4n) is 3.67. The van der Waals surface area contributed by atoms with Crippen molar-refractivity contribution in [2.45, 2.75) is 46.3 Å². The van der Waals surface area contributed by atoms with Crippen LogP contribution in [0, 0.1) is 5.41 Å². The van der Waals surface area contributed by atoms with Gasteiger partial charge < -0.3 is 19.7 Å². The Hall–Kier alpha value is -1.57. The van der Waals surface area contributed by atoms with Gasteiger partial charge in [-0.25, -0.2) is 0 Å². The first-order valence-electron chi connectivity index (χ1n) is 9.73. The third-order valence-corrected chi connectivity index (χ3v) is 6.88. The summed E-state index contributed by atoms with van der Waals surface area (Å²) >= 11 is 5.19. The molecule has 0 bridgehead atoms. The van der Waals surface area contributed by atoms with Crippen molar-refractivity contribution in [2.24, 2.45) is 5.41 Å². The van der Waals surface area contributed by atoms with Gasteiger partial charge in [-0.3, -0.25) is 4.79 Å². The Kier molecular flexibility index (Phi) is 6.91. The summed E-state index contributed by atoms with van der Waals surface area (Å²) in [7, 11) is 3.28. The van der Waals surface area contributed by atoms with Gasteiger partial charge in [0.15, 0.2) is 11.5 Å². The molecule has 0 saturated carbocycles. The number of hydrogen-bond donors (Lipinski definition) is 1. The molecule has 1 atom stereocenters. The number of thiophene rings is 1. The van der Waals surface area contributed by atoms with Gasteiger partial charge in [-0.15, -0.1) is 11.3 Å². The van der Waals surface area contributed by atoms with Crippen molar-refractivity contribution in [2.75, 3.05) is 20.8 Å². The van der Waals surface area contributed by atoms with E-state index < -0.39 is 0 Å². The molecule has 1 amide bonds. The number of rotatable bonds is 6. The molecule has 1 aliphatic heterocycles. The molecule has 0 unspecified atom stereocenters. The van der Waals surface area contributed by atoms with E-state index in [-0.39, 0.29) is 17.4 Å². The van der Waals surface area contributed by atoms with Crippen LogP contribution in [0.3, 0.4) is 0 Å². The highest BCUT2D eigenvalue weighted by atomic mass is 79.9. The fraction of sp³-hybridized carbons (Fsp3) is 0.500. The monoisotopic (exact) mass is 480 g/mol. The van der Waals surface area contributed by atoms with Crippen LogP contribution in [0.15, 0.2) is 28.1 Å². The number of hydrogen-bond acceptors (Lipinski definition) is 5. The second kappa shape index (κ2) is 9.06. The molecular weight excluding hydrogens is 452 g/mol. The summed E-state index contributed by atoms with van der Waals surface area (Å²) in [5, 5.41) is 3.50. The van der Waals surface area contributed by atoms with E-state index in [0.717, 1.165) is 21.5 Å². The van der Waals surface area contributed by atoms with Crippen molar-refractivity contribution < 1.29 is 14.3 Å². The zero-order chi connectivity index (χ0) is 21.2. The summed E-state index contributed by atoms with van der Waals surface area (Å²) in [4.78, 5) is 16.6. The maximum Gasteiger partial charge on any atom is 0.240 e. The maximum atomic E-state index is 13.5. The minimum Gasteiger partial charge on any atom is -0.493 e. The summed E-state index contributed by atoms with van der Waals surface area (Å²) < 4.78 is 12.0. The summed E-state index contributed by atoms with van der Waals surface area (Å²) in [5.41, 5.74) is 2.15. The highest BCUT2D eigenvalue weighted by Crippen LogP contribution is 2.34. The zero-order valence-corrected chi connectivity index (χ0v) is 20.1. The van der Waals surface area contributed by atoms with Crippen LogP contribution in [-0.4, -0.2) is 37.6 Å². The summed E-state index contributed by atoms with van der Waals surface area (Å²) in [6.45, 7) is 8.31. The lowest BCUT2D eigenvalue weighted by Gasteiger charge is -2.37. The lowest BCUT2D eigenvalue weighted by Crippen LogP contribution is -2.53. The predicted octanol–water partition coefficient (Wildman–Crippen LogP) is 4.62. The molecule has 158 valence electrons. The standard InChI is InChI=1S/C22H29BrN2O3S/c1-22(2,3)20(24-12-16-6-7-19(23)29-16)21(26)25-9-8-14-10-17(27-4)18(28-5)11-15(14)13-25/h6-7,10-11,20,24H,8-9,12-13H2,1-5H3/t20-/m1/s1. The average molecular weight is 481 g/mol. The van der Waals surface area contributed by atoms with E-state index in [9.17, 15) is 4.79 Å². The number of methoxy groups -OCH3 is 2. The molecule has 1 N–H and O–H groups in total. The van der Waals surface area contributed by atoms with E-state index in [2.05, 4.69) is 48.1 Å². The topological polar surface area (TPSA) is 50.8 Å². The van der Waals surface area contributed by atoms with E-state index in [4.69, 9.17) is 9.47 Å². The highest BCUT2D eigenvalue weighted by Gasteiger charge is 2.35. The lowest BCUT2D eigenvalue weighted by atomic mass is 9.85. The summed E-state index contributed by atoms with van der Waals surface area (Å²) in [6, 6.07) is 7.90. The Morgan fingerprint density at radius 2 is 1.86 bits per heavy atom. The molecule has 1 aliphatic rings. The van der Waals surface area contributed by atoms with Crippen LogP contribution in [0.4, 0.5) is 0 Å². The maximum absolute atomic E-state index is 13.5. The van der Waals surface area contributed by atoms with Crippen molar-refractivity contribution in [3.05, 3.63) is 44.1 Å². The van der Waals surface area contributed by atoms with Crippen molar-refractivity contribution >= 4 is 33.2 Å². The van der Waals surface area contributed by atoms with Gasteiger partial charge in [0.1, 0.15) is 0 Å². The van der Waals surface area contributed by atoms with Crippen molar-refractivity contribution in [1.29, 1.82) is 0 Å². The van der Waals surface area contributed by atoms with Crippen LogP contribution in [0.25, 0.3) is 0 Å². The van der Waals surface area contributed by atoms with E-state index in [0.29, 0.717) is 25.4 Å². The molecule has 0 radical (unpaired) electrons. The van der Waals surface area contributed by atoms with Crippen LogP contribution < -0.4 is 14.8 Å². The molecule has 5 nitrogen and oxygen atoms in total. The summed E-state index contributed by atoms with van der Waals surface area (Å²) in [6.07, 6.45) is 0.816. The molecule has 0 saturated heterocycles. The van der Waals surface area contributed by atoms with Gasteiger partial charge in [0.25, 0.3) is 0 Å². The first kappa shape index (κ1) is 22.1. The van der Waals surface area contributed by atoms with Crippen molar-refractivity contribution in [3.63, 3.8) is 0 Å². The Morgan fingerprint density at radius 3 is 2.41 bits per heavy atom. The molecule has 0 aliphatic carbocycles. The Labute approximate surface area is 185 Å². The fourth-order valence-corrected chi connectivity index (χ4v) is 5.10. The zero-order valence-electron chi connectivity index (χ0n) is 17.7. The van der Waals surface area contributed by atoms with Crippen LogP contribution in [-0.2, 0) is 24.3 Å². The van der Waals surface area contributed by atoms with Gasteiger partial charge in [0.05, 0.1) is 24.0 Å². The van der Waals surface area contributed by atoms with Crippen LogP contribution in [0.1, 0.15) is 36.8 Å². The van der Waals surface area contributed by atoms with Gasteiger partial charge in [0.2, 0.25) is 5.91 Å². The first-order valence-corrected chi connectivity index (χ1v) is 11.3. The number of benzene rings is 1. The van der Waals surface area contributed by atoms with Crippen LogP contribution in [0.5, 0.6) is 11.5 Å². The van der Waals surface area contributed by atoms with Gasteiger partial charge in [0, 0.05) is 24.5 Å². The molecule has 0 fully saturated rings. The van der Waals surface area contributed by atoms with Crippen molar-refractivity contribution in [1.82, 2.24) is 10.2 Å². The lowest BCUT2D eigenvalue weighted by molar-refractivity contribution is -0.137. The molecule has 2 aromatic rings. The molecule has 29 heavy (non-hydrogen) atoms. The van der Waals surface area contributed by atoms with E-state index in [1.165, 1.54) is 10.4 Å². The third-order valence-electron chi connectivity index (χ3n) is 5.25. The molecule has 7 heteroatoms. The second-order valence-electron chi connectivity index (χ2n) is 8.37. The summed E-state index contributed by atoms with van der Waals surface area (Å²) in [5.74, 6) is 1.59. The molecule has 2 heterocycles. The largest absolute Gasteiger partial charge is 0.493 e. The minimum absolute atomic E-state index is 0.147. The van der Waals surface area contributed by atoms with E-state index >= 15 is 0 Å². The second-order valence-corrected chi connectivity index (χ2v) is 10.9. The number of carbonyl (C=O) groups is 1. The molecule has 0 spiro atoms. The number of nitrogens with one attached hydrogen (secondary N) is 1. The molecule has 1 aromatic carbocycles. The molecular formula is C22H29BrN2O3S. The number of halogens is 1. The predicted molar refractivity (Wildman–Crippen MR) is 121 cm³/mol. The highest BCUT2D eigenvalue weighted by molar-refractivity contribution is 9.11. The van der Waals surface area contributed by atoms with E-state index in [1.54, 1.807) is 25.6 Å². The first-order chi connectivity index (χ1) is 13.7. The smallest absolute Gasteiger partial charge is 0.240 e. The Balaban J connectivity index is 1.76. The Bertz CT molecular complexity index is 875. The quantitative estimate of drug-likeness (QED) is 0.655. The Morgan fingerprint density at radius 1 is 1.21 bits per heavy atom. The minimum atomic E-state index is -0.259. The molecule has 3 rings (SSSR count). The number of ether oxygens (including phenoxy) is 2. The average Bonchev–Trinajstić information content (AvgIpc) is 3.10. The van der Waals surface area contributed by atoms with Crippen LogP contribution in [0.2, 0.25) is 0 Å².